The second-order valence-corrected chi connectivity index (χ2v) is 23.1. The molecule has 4 atom stereocenters. The maximum atomic E-state index is 15.6. The fourth-order valence-electron chi connectivity index (χ4n) is 8.49. The number of carboxylic acids is 2. The van der Waals surface area contributed by atoms with E-state index in [1.807, 2.05) is 0 Å². The summed E-state index contributed by atoms with van der Waals surface area (Å²) in [6, 6.07) is 1.54. The molecule has 4 N–H and O–H groups in total. The number of carbonyl (C=O) groups excluding carboxylic acids is 3. The molecule has 3 heterocycles. The van der Waals surface area contributed by atoms with Gasteiger partial charge in [-0.25, -0.2) is 35.4 Å². The van der Waals surface area contributed by atoms with E-state index >= 15 is 8.78 Å². The predicted molar refractivity (Wildman–Crippen MR) is 247 cm³/mol. The van der Waals surface area contributed by atoms with E-state index in [0.29, 0.717) is 6.07 Å². The number of alkyl halides is 8. The van der Waals surface area contributed by atoms with Crippen LogP contribution >= 0.6 is 11.6 Å². The number of amides is 3. The zero-order valence-electron chi connectivity index (χ0n) is 39.6. The van der Waals surface area contributed by atoms with Gasteiger partial charge < -0.3 is 20.8 Å². The van der Waals surface area contributed by atoms with E-state index in [1.54, 1.807) is 0 Å². The molecule has 2 aliphatic rings. The van der Waals surface area contributed by atoms with Crippen LogP contribution in [0.4, 0.5) is 49.7 Å². The largest absolute Gasteiger partial charge is 0.481 e. The van der Waals surface area contributed by atoms with Crippen LogP contribution < -0.4 is 14.9 Å². The van der Waals surface area contributed by atoms with Gasteiger partial charge >= 0.3 is 36.1 Å². The van der Waals surface area contributed by atoms with Crippen LogP contribution in [0.15, 0.2) is 42.5 Å². The van der Waals surface area contributed by atoms with Gasteiger partial charge in [-0.2, -0.15) is 49.6 Å². The van der Waals surface area contributed by atoms with Crippen LogP contribution in [0.1, 0.15) is 72.6 Å². The van der Waals surface area contributed by atoms with Crippen molar-refractivity contribution in [3.63, 3.8) is 0 Å². The van der Waals surface area contributed by atoms with Crippen LogP contribution in [0.25, 0.3) is 22.0 Å². The number of nitrogens with zero attached hydrogens (tertiary/aromatic N) is 6. The van der Waals surface area contributed by atoms with Gasteiger partial charge in [0.1, 0.15) is 46.9 Å². The average molecular weight is 1160 g/mol. The highest BCUT2D eigenvalue weighted by Crippen LogP contribution is 2.68. The molecule has 0 radical (unpaired) electrons. The molecule has 7 rings (SSSR count). The van der Waals surface area contributed by atoms with E-state index < -0.39 is 200 Å². The fraction of sp³-hybridized carbons (Fsp3) is 0.378. The van der Waals surface area contributed by atoms with Crippen LogP contribution in [0.5, 0.6) is 0 Å². The standard InChI is InChI=1S/C45H37ClF10N8O11S2/c1-42(2,76(3,72)73)10-9-22-5-6-23(24-7-8-27(46)33-35(24)63(18-43(49,50)51)61-38(33)64(77(4,74)75)40(69)39(68)59-29(41(70)71)16-31(66)67)34(57-22)28(13-19-11-20(47)14-21(48)12-19)58-30(65)17-62-37-32(36(60-62)45(54,55)56)25-15-26(25)44(37,52)53/h5-8,11-12,14,25-26,28-29H,13,15-18H2,1-4H3,(H,58,65)(H,59,68)(H,66,67)(H,70,71)/t25-,26+,28-,29-/m0/s1. The van der Waals surface area contributed by atoms with Gasteiger partial charge in [0, 0.05) is 34.9 Å². The Hall–Kier alpha value is -7.33. The van der Waals surface area contributed by atoms with E-state index in [2.05, 4.69) is 32.3 Å². The zero-order chi connectivity index (χ0) is 57.4. The Morgan fingerprint density at radius 1 is 0.909 bits per heavy atom. The minimum Gasteiger partial charge on any atom is -0.481 e. The number of halogens is 11. The van der Waals surface area contributed by atoms with Gasteiger partial charge in [-0.05, 0) is 74.4 Å². The number of carbonyl (C=O) groups is 5. The molecular formula is C45H37ClF10N8O11S2. The molecule has 0 aliphatic heterocycles. The number of rotatable bonds is 15. The van der Waals surface area contributed by atoms with Crippen molar-refractivity contribution in [1.29, 1.82) is 0 Å². The maximum Gasteiger partial charge on any atom is 0.435 e. The van der Waals surface area contributed by atoms with Crippen LogP contribution in [-0.2, 0) is 75.4 Å². The highest BCUT2D eigenvalue weighted by molar-refractivity contribution is 7.93. The van der Waals surface area contributed by atoms with Crippen LogP contribution in [0, 0.1) is 29.4 Å². The molecule has 412 valence electrons. The number of fused-ring (bicyclic) bond motifs is 4. The molecule has 77 heavy (non-hydrogen) atoms. The molecule has 0 bridgehead atoms. The van der Waals surface area contributed by atoms with E-state index in [0.717, 1.165) is 42.7 Å². The first-order valence-corrected chi connectivity index (χ1v) is 26.0. The first-order chi connectivity index (χ1) is 35.3. The lowest BCUT2D eigenvalue weighted by Gasteiger charge is -2.23. The van der Waals surface area contributed by atoms with Crippen molar-refractivity contribution >= 4 is 77.8 Å². The maximum absolute atomic E-state index is 15.6. The number of benzene rings is 2. The number of carboxylic acid groups (broad SMARTS) is 2. The van der Waals surface area contributed by atoms with E-state index in [4.69, 9.17) is 16.7 Å². The number of aromatic nitrogens is 5. The number of hydrogen-bond donors (Lipinski definition) is 4. The number of aliphatic carboxylic acids is 2. The highest BCUT2D eigenvalue weighted by Gasteiger charge is 2.68. The fourth-order valence-corrected chi connectivity index (χ4v) is 9.79. The summed E-state index contributed by atoms with van der Waals surface area (Å²) in [7, 11) is -9.24. The second kappa shape index (κ2) is 19.9. The third kappa shape index (κ3) is 11.8. The van der Waals surface area contributed by atoms with Crippen molar-refractivity contribution in [2.75, 3.05) is 16.8 Å². The monoisotopic (exact) mass is 1150 g/mol. The third-order valence-corrected chi connectivity index (χ3v) is 15.5. The SMILES string of the molecule is CC(C)(C#Cc1ccc(-c2ccc(Cl)c3c(N(C(=O)C(=O)N[C@@H](CC(=O)O)C(=O)O)S(C)(=O)=O)nn(CC(F)(F)F)c23)c([C@H](Cc2cc(F)cc(F)c2)NC(=O)Cn2nc(C(F)(F)F)c3c2C(F)(F)[C@@H]2C[C@H]32)n1)S(C)(=O)=O. The Morgan fingerprint density at radius 3 is 2.09 bits per heavy atom. The lowest BCUT2D eigenvalue weighted by atomic mass is 9.93. The van der Waals surface area contributed by atoms with E-state index in [9.17, 15) is 81.0 Å². The van der Waals surface area contributed by atoms with Gasteiger partial charge in [0.25, 0.3) is 5.92 Å². The normalized spacial score (nSPS) is 16.9. The molecule has 1 saturated carbocycles. The second-order valence-electron chi connectivity index (χ2n) is 18.3. The highest BCUT2D eigenvalue weighted by atomic mass is 35.5. The summed E-state index contributed by atoms with van der Waals surface area (Å²) >= 11 is 6.55. The molecule has 0 saturated heterocycles. The van der Waals surface area contributed by atoms with E-state index in [1.165, 1.54) is 19.2 Å². The summed E-state index contributed by atoms with van der Waals surface area (Å²) < 4.78 is 197. The number of anilines is 1. The molecule has 2 aliphatic carbocycles. The molecule has 32 heteroatoms. The smallest absolute Gasteiger partial charge is 0.435 e. The van der Waals surface area contributed by atoms with Gasteiger partial charge in [-0.15, -0.1) is 0 Å². The molecule has 1 fully saturated rings. The topological polar surface area (TPSA) is 270 Å². The summed E-state index contributed by atoms with van der Waals surface area (Å²) in [5.74, 6) is -15.1. The van der Waals surface area contributed by atoms with Crippen molar-refractivity contribution in [2.45, 2.75) is 87.2 Å². The van der Waals surface area contributed by atoms with Crippen molar-refractivity contribution in [3.05, 3.63) is 93.0 Å². The number of sulfone groups is 1. The van der Waals surface area contributed by atoms with Gasteiger partial charge in [0.05, 0.1) is 40.3 Å². The average Bonchev–Trinajstić information content (AvgIpc) is 3.87. The Kier molecular flexibility index (Phi) is 14.8. The molecule has 2 aromatic carbocycles. The summed E-state index contributed by atoms with van der Waals surface area (Å²) in [5.41, 5.74) is -6.95. The zero-order valence-corrected chi connectivity index (χ0v) is 42.0. The number of nitrogens with one attached hydrogen (secondary N) is 2. The van der Waals surface area contributed by atoms with Crippen LogP contribution in [-0.4, -0.2) is 111 Å². The Bertz CT molecular complexity index is 3610. The quantitative estimate of drug-likeness (QED) is 0.0563. The molecule has 19 nitrogen and oxygen atoms in total. The van der Waals surface area contributed by atoms with Gasteiger partial charge in [0.2, 0.25) is 15.9 Å². The van der Waals surface area contributed by atoms with Gasteiger partial charge in [0.15, 0.2) is 21.3 Å². The van der Waals surface area contributed by atoms with Gasteiger partial charge in [-0.1, -0.05) is 23.6 Å². The number of pyridine rings is 1. The summed E-state index contributed by atoms with van der Waals surface area (Å²) in [6.45, 7) is -1.19. The van der Waals surface area contributed by atoms with Crippen LogP contribution in [0.3, 0.4) is 0 Å². The first kappa shape index (κ1) is 57.4. The molecule has 0 spiro atoms. The van der Waals surface area contributed by atoms with Crippen molar-refractivity contribution in [1.82, 2.24) is 35.2 Å². The molecule has 3 amide bonds. The van der Waals surface area contributed by atoms with Gasteiger partial charge in [-0.3, -0.25) is 28.5 Å². The van der Waals surface area contributed by atoms with Crippen LogP contribution in [0.2, 0.25) is 5.02 Å². The predicted octanol–water partition coefficient (Wildman–Crippen LogP) is 5.63. The molecular weight excluding hydrogens is 1120 g/mol. The summed E-state index contributed by atoms with van der Waals surface area (Å²) in [5, 5.41) is 27.9. The minimum atomic E-state index is -5.31. The lowest BCUT2D eigenvalue weighted by Crippen LogP contribution is -2.51. The Balaban J connectivity index is 1.48. The van der Waals surface area contributed by atoms with Crippen molar-refractivity contribution in [3.8, 4) is 23.0 Å². The van der Waals surface area contributed by atoms with E-state index in [-0.39, 0.29) is 27.6 Å². The Labute approximate surface area is 432 Å². The molecule has 0 unspecified atom stereocenters. The minimum absolute atomic E-state index is 0.0443. The molecule has 3 aromatic heterocycles. The number of hydrogen-bond acceptors (Lipinski definition) is 12. The molecule has 5 aromatic rings. The summed E-state index contributed by atoms with van der Waals surface area (Å²) in [4.78, 5) is 68.6. The van der Waals surface area contributed by atoms with Crippen molar-refractivity contribution in [2.24, 2.45) is 5.92 Å². The summed E-state index contributed by atoms with van der Waals surface area (Å²) in [6.07, 6.45) is -12.0. The van der Waals surface area contributed by atoms with Crippen molar-refractivity contribution < 1.29 is 94.9 Å². The lowest BCUT2D eigenvalue weighted by molar-refractivity contribution is -0.148. The first-order valence-electron chi connectivity index (χ1n) is 21.9. The number of sulfonamides is 1. The Morgan fingerprint density at radius 2 is 1.53 bits per heavy atom. The third-order valence-electron chi connectivity index (χ3n) is 12.2.